The Morgan fingerprint density at radius 1 is 0.293 bits per heavy atom. The molecule has 37 heteroatoms. The van der Waals surface area contributed by atoms with E-state index in [9.17, 15) is 47.9 Å². The van der Waals surface area contributed by atoms with E-state index in [0.29, 0.717) is 187 Å². The number of hydrogen-bond donors (Lipinski definition) is 15. The molecule has 5 aliphatic heterocycles. The molecule has 5 heterocycles. The molecule has 0 aromatic heterocycles. The van der Waals surface area contributed by atoms with E-state index in [2.05, 4.69) is 32.7 Å². The molecule has 804 valence electrons. The van der Waals surface area contributed by atoms with Crippen LogP contribution in [0.2, 0.25) is 0 Å². The van der Waals surface area contributed by atoms with Gasteiger partial charge in [-0.2, -0.15) is 0 Å². The maximum absolute atomic E-state index is 13.0. The van der Waals surface area contributed by atoms with Crippen molar-refractivity contribution in [3.8, 4) is 40.2 Å². The summed E-state index contributed by atoms with van der Waals surface area (Å²) >= 11 is 0. The number of methoxy groups -OCH3 is 2. The van der Waals surface area contributed by atoms with Crippen LogP contribution in [0.15, 0.2) is 164 Å². The van der Waals surface area contributed by atoms with E-state index in [1.165, 1.54) is 0 Å². The van der Waals surface area contributed by atoms with Crippen molar-refractivity contribution in [2.45, 2.75) is 294 Å². The van der Waals surface area contributed by atoms with Gasteiger partial charge < -0.3 is 83.4 Å². The number of ether oxygens (including phenoxy) is 12. The molecule has 10 amide bonds. The molecule has 15 N–H and O–H groups in total. The second kappa shape index (κ2) is 72.5. The van der Waals surface area contributed by atoms with Crippen molar-refractivity contribution in [2.24, 2.45) is 0 Å². The van der Waals surface area contributed by atoms with Gasteiger partial charge in [0.2, 0.25) is 29.5 Å². The zero-order chi connectivity index (χ0) is 105. The number of carbonyl (C=O) groups excluding carboxylic acids is 10. The molecule has 0 spiro atoms. The van der Waals surface area contributed by atoms with E-state index in [1.807, 2.05) is 152 Å². The molecule has 0 aliphatic carbocycles. The lowest BCUT2D eigenvalue weighted by molar-refractivity contribution is -0.130. The third-order valence-electron chi connectivity index (χ3n) is 24.4. The third kappa shape index (κ3) is 48.6. The molecule has 37 nitrogen and oxygen atoms in total. The van der Waals surface area contributed by atoms with Gasteiger partial charge in [0.25, 0.3) is 29.5 Å². The van der Waals surface area contributed by atoms with Gasteiger partial charge in [0.1, 0.15) is 84.0 Å². The fourth-order valence-corrected chi connectivity index (χ4v) is 16.4. The highest BCUT2D eigenvalue weighted by molar-refractivity contribution is 5.98. The molecular weight excluding hydrogens is 1890 g/mol. The number of benzene rings is 7. The summed E-state index contributed by atoms with van der Waals surface area (Å²) < 4.78 is 69.8. The lowest BCUT2D eigenvalue weighted by atomic mass is 10.1. The molecule has 5 aliphatic rings. The Bertz CT molecular complexity index is 5100. The van der Waals surface area contributed by atoms with E-state index < -0.39 is 42.3 Å². The summed E-state index contributed by atoms with van der Waals surface area (Å²) in [4.78, 5) is 119. The fourth-order valence-electron chi connectivity index (χ4n) is 16.4. The standard InChI is InChI=1S/C25H32N2O6.C25H30N2O6.C21H32N2O5.C20H30N2O5.C19H28N2O5/c2*1-31-20-15-18-8-7-13-32-23(11-3-2-4-12-24(28)27-30)25(29)26-21-9-5-6-10-22(21)33-17-19(14-18)16-20;24-20(23-26)14-6-4-5-13-19-21(25)22-17-11-7-8-12-18(17)27-15-9-2-1-3-10-16-28-19;23-19(22-25)13-5-3-4-12-18-20(24)21-16-10-6-7-11-17(16)26-14-8-1-2-9-15-27-18;22-18(21-24)12-4-1-3-11-17-19(23)20-15-9-5-6-10-16(15)25-13-7-2-8-14-26-17/h5-6,9-10,14-16,23,30H,2-4,7-8,11-13,17H2,1H3,(H,26,29)(H,27,28);5-10,14-16,23,30H,2-4,11-13,17H2,1H3,(H,26,29)(H,27,28);7-8,11-12,19,26H,1-6,9-10,13-16H2,(H,22,25)(H,23,24);6-7,10-11,18,25H,1-5,8-9,12-15H2,(H,21,24)(H,22,23);5-6,9-10,17,24H,1-4,7-8,11-14H2,(H,20,23)(H,21,22)/b;8-7-;;;. The quantitative estimate of drug-likeness (QED) is 0.0106. The Balaban J connectivity index is 0.000000225. The number of aryl methyl sites for hydroxylation is 1. The lowest BCUT2D eigenvalue weighted by Crippen LogP contribution is -2.31. The zero-order valence-electron chi connectivity index (χ0n) is 84.9. The smallest absolute Gasteiger partial charge is 0.253 e. The summed E-state index contributed by atoms with van der Waals surface area (Å²) in [7, 11) is 3.28. The second-order valence-corrected chi connectivity index (χ2v) is 36.0. The van der Waals surface area contributed by atoms with E-state index in [0.717, 1.165) is 181 Å². The molecule has 0 radical (unpaired) electrons. The second-order valence-electron chi connectivity index (χ2n) is 36.0. The third-order valence-corrected chi connectivity index (χ3v) is 24.4. The van der Waals surface area contributed by atoms with Gasteiger partial charge in [-0.05, 0) is 242 Å². The molecule has 7 aromatic rings. The Morgan fingerprint density at radius 2 is 0.551 bits per heavy atom. The van der Waals surface area contributed by atoms with Gasteiger partial charge >= 0.3 is 0 Å². The number of amides is 10. The molecule has 12 rings (SSSR count). The van der Waals surface area contributed by atoms with Gasteiger partial charge in [0, 0.05) is 58.5 Å². The number of carbonyl (C=O) groups is 10. The van der Waals surface area contributed by atoms with Gasteiger partial charge in [-0.25, -0.2) is 27.4 Å². The van der Waals surface area contributed by atoms with Crippen molar-refractivity contribution in [2.75, 3.05) is 93.7 Å². The number of unbranched alkanes of at least 4 members (excludes halogenated alkanes) is 10. The summed E-state index contributed by atoms with van der Waals surface area (Å²) in [5.74, 6) is 1.77. The van der Waals surface area contributed by atoms with Crippen LogP contribution in [0.1, 0.15) is 266 Å². The Kier molecular flexibility index (Phi) is 58.9. The number of para-hydroxylation sites is 10. The molecule has 5 unspecified atom stereocenters. The number of nitrogens with one attached hydrogen (secondary N) is 10. The van der Waals surface area contributed by atoms with Crippen molar-refractivity contribution in [3.05, 3.63) is 186 Å². The monoisotopic (exact) mass is 2050 g/mol. The molecule has 5 atom stereocenters. The molecule has 147 heavy (non-hydrogen) atoms. The summed E-state index contributed by atoms with van der Waals surface area (Å²) in [5.41, 5.74) is 15.3. The van der Waals surface area contributed by atoms with Gasteiger partial charge in [-0.15, -0.1) is 0 Å². The van der Waals surface area contributed by atoms with Crippen molar-refractivity contribution in [3.63, 3.8) is 0 Å². The topological polar surface area (TPSA) is 503 Å². The van der Waals surface area contributed by atoms with E-state index in [1.54, 1.807) is 53.8 Å². The average molecular weight is 2050 g/mol. The first-order chi connectivity index (χ1) is 71.8. The maximum atomic E-state index is 13.0. The van der Waals surface area contributed by atoms with Crippen molar-refractivity contribution < 1.29 is 131 Å². The minimum Gasteiger partial charge on any atom is -0.497 e. The normalized spacial score (nSPS) is 17.8. The number of anilines is 5. The van der Waals surface area contributed by atoms with Gasteiger partial charge in [-0.1, -0.05) is 169 Å². The van der Waals surface area contributed by atoms with Crippen molar-refractivity contribution in [1.82, 2.24) is 27.4 Å². The van der Waals surface area contributed by atoms with E-state index >= 15 is 0 Å². The number of rotatable bonds is 32. The molecule has 0 fully saturated rings. The zero-order valence-corrected chi connectivity index (χ0v) is 84.9. The molecule has 7 aromatic carbocycles. The number of fused-ring (bicyclic) bond motifs is 9. The van der Waals surface area contributed by atoms with Crippen LogP contribution in [-0.2, 0) is 91.3 Å². The van der Waals surface area contributed by atoms with Crippen LogP contribution in [0.4, 0.5) is 28.4 Å². The molecule has 0 saturated heterocycles. The van der Waals surface area contributed by atoms with Crippen LogP contribution < -0.4 is 87.1 Å². The summed E-state index contributed by atoms with van der Waals surface area (Å²) in [6.07, 6.45) is 29.7. The van der Waals surface area contributed by atoms with Crippen LogP contribution in [0.5, 0.6) is 40.2 Å². The maximum Gasteiger partial charge on any atom is 0.253 e. The Hall–Kier alpha value is -12.8. The summed E-state index contributed by atoms with van der Waals surface area (Å²) in [6, 6.07) is 48.9. The summed E-state index contributed by atoms with van der Waals surface area (Å²) in [6.45, 7) is 5.00. The van der Waals surface area contributed by atoms with E-state index in [-0.39, 0.29) is 86.0 Å². The van der Waals surface area contributed by atoms with E-state index in [4.69, 9.17) is 82.9 Å². The molecular formula is C110H152N10O27. The fraction of sp³-hybridized carbons (Fsp3) is 0.509. The average Bonchev–Trinajstić information content (AvgIpc) is 1.05. The minimum atomic E-state index is -0.654. The van der Waals surface area contributed by atoms with Crippen LogP contribution in [0, 0.1) is 0 Å². The lowest BCUT2D eigenvalue weighted by Gasteiger charge is -2.20. The van der Waals surface area contributed by atoms with Crippen LogP contribution in [-0.4, -0.2) is 183 Å². The highest BCUT2D eigenvalue weighted by Gasteiger charge is 2.28. The first kappa shape index (κ1) is 119. The first-order valence-corrected chi connectivity index (χ1v) is 51.7. The van der Waals surface area contributed by atoms with Gasteiger partial charge in [0.05, 0.1) is 69.1 Å². The predicted molar refractivity (Wildman–Crippen MR) is 553 cm³/mol. The highest BCUT2D eigenvalue weighted by Crippen LogP contribution is 2.34. The van der Waals surface area contributed by atoms with Gasteiger partial charge in [-0.3, -0.25) is 74.0 Å². The number of hydroxylamine groups is 5. The number of hydrogen-bond acceptors (Lipinski definition) is 27. The van der Waals surface area contributed by atoms with Crippen LogP contribution in [0.25, 0.3) is 6.08 Å². The Morgan fingerprint density at radius 3 is 0.864 bits per heavy atom. The molecule has 4 bridgehead atoms. The van der Waals surface area contributed by atoms with Crippen LogP contribution in [0.3, 0.4) is 0 Å². The van der Waals surface area contributed by atoms with Crippen molar-refractivity contribution in [1.29, 1.82) is 0 Å². The predicted octanol–water partition coefficient (Wildman–Crippen LogP) is 18.3. The van der Waals surface area contributed by atoms with Crippen molar-refractivity contribution >= 4 is 93.6 Å². The first-order valence-electron chi connectivity index (χ1n) is 51.7. The minimum absolute atomic E-state index is 0.166. The van der Waals surface area contributed by atoms with Gasteiger partial charge in [0.15, 0.2) is 0 Å². The highest BCUT2D eigenvalue weighted by atomic mass is 16.5. The SMILES string of the molecule is COc1cc2cc(c1)COc1ccccc1NC(=O)C(CCCCCC(=O)NO)OC/C=C\2.COc1cc2cc(c1)COc1ccccc1NC(=O)C(CCCCCC(=O)NO)OCCC2.O=C(CCCCCC1OCCCCCCCOc2ccccc2NC1=O)NO.O=C(CCCCCC1OCCCCCCOc2ccccc2NC1=O)NO.O=C(CCCCCC1OCCCCCOc2ccccc2NC1=O)NO. The molecule has 0 saturated carbocycles. The summed E-state index contributed by atoms with van der Waals surface area (Å²) in [5, 5.41) is 57.3. The van der Waals surface area contributed by atoms with Crippen LogP contribution >= 0.6 is 0 Å². The largest absolute Gasteiger partial charge is 0.497 e. The Labute approximate surface area is 861 Å².